The summed E-state index contributed by atoms with van der Waals surface area (Å²) in [6.45, 7) is 5.29. The van der Waals surface area contributed by atoms with Gasteiger partial charge in [-0.15, -0.1) is 0 Å². The lowest BCUT2D eigenvalue weighted by Crippen LogP contribution is -2.46. The van der Waals surface area contributed by atoms with Crippen molar-refractivity contribution in [3.8, 4) is 0 Å². The normalized spacial score (nSPS) is 17.5. The maximum absolute atomic E-state index is 12.0. The molecular weight excluding hydrogens is 344 g/mol. The number of nitrogens with one attached hydrogen (secondary N) is 1. The summed E-state index contributed by atoms with van der Waals surface area (Å²) >= 11 is 1.55. The highest BCUT2D eigenvalue weighted by Crippen LogP contribution is 2.22. The SMILES string of the molecule is CCS(=O)(=O)c1ccc(N2CCC(NC(=O)[C@@H](C)SC)CC2)cc1. The number of rotatable bonds is 6. The highest BCUT2D eigenvalue weighted by atomic mass is 32.2. The van der Waals surface area contributed by atoms with E-state index >= 15 is 0 Å². The van der Waals surface area contributed by atoms with E-state index in [1.54, 1.807) is 30.8 Å². The van der Waals surface area contributed by atoms with Crippen molar-refractivity contribution in [3.63, 3.8) is 0 Å². The Morgan fingerprint density at radius 3 is 2.38 bits per heavy atom. The lowest BCUT2D eigenvalue weighted by atomic mass is 10.0. The Morgan fingerprint density at radius 2 is 1.88 bits per heavy atom. The minimum atomic E-state index is -3.15. The Kier molecular flexibility index (Phi) is 6.57. The van der Waals surface area contributed by atoms with E-state index in [0.29, 0.717) is 4.90 Å². The molecule has 2 rings (SSSR count). The van der Waals surface area contributed by atoms with E-state index in [0.717, 1.165) is 31.6 Å². The number of hydrogen-bond acceptors (Lipinski definition) is 5. The second kappa shape index (κ2) is 8.25. The van der Waals surface area contributed by atoms with Crippen LogP contribution in [0.2, 0.25) is 0 Å². The number of piperidine rings is 1. The summed E-state index contributed by atoms with van der Waals surface area (Å²) in [5, 5.41) is 3.09. The number of carbonyl (C=O) groups excluding carboxylic acids is 1. The molecule has 5 nitrogen and oxygen atoms in total. The van der Waals surface area contributed by atoms with E-state index in [2.05, 4.69) is 10.2 Å². The first-order chi connectivity index (χ1) is 11.4. The van der Waals surface area contributed by atoms with Crippen molar-refractivity contribution < 1.29 is 13.2 Å². The molecule has 1 N–H and O–H groups in total. The molecule has 1 atom stereocenters. The van der Waals surface area contributed by atoms with Crippen LogP contribution in [0.5, 0.6) is 0 Å². The second-order valence-electron chi connectivity index (χ2n) is 6.05. The first-order valence-corrected chi connectivity index (χ1v) is 11.2. The molecule has 1 aromatic carbocycles. The molecule has 1 aromatic rings. The fourth-order valence-electron chi connectivity index (χ4n) is 2.74. The van der Waals surface area contributed by atoms with Gasteiger partial charge in [0.15, 0.2) is 9.84 Å². The Morgan fingerprint density at radius 1 is 1.29 bits per heavy atom. The summed E-state index contributed by atoms with van der Waals surface area (Å²) in [7, 11) is -3.15. The second-order valence-corrected chi connectivity index (χ2v) is 9.50. The van der Waals surface area contributed by atoms with Gasteiger partial charge in [0.1, 0.15) is 0 Å². The van der Waals surface area contributed by atoms with Gasteiger partial charge in [0, 0.05) is 24.8 Å². The predicted molar refractivity (Wildman–Crippen MR) is 101 cm³/mol. The molecule has 1 amide bonds. The Bertz CT molecular complexity index is 651. The molecule has 0 saturated carbocycles. The molecule has 134 valence electrons. The standard InChI is InChI=1S/C17H26N2O3S2/c1-4-24(21,22)16-7-5-15(6-8-16)19-11-9-14(10-12-19)18-17(20)13(2)23-3/h5-8,13-14H,4,9-12H2,1-3H3,(H,18,20)/t13-/m1/s1. The minimum Gasteiger partial charge on any atom is -0.371 e. The molecule has 0 spiro atoms. The molecule has 0 bridgehead atoms. The molecule has 0 radical (unpaired) electrons. The van der Waals surface area contributed by atoms with Crippen LogP contribution in [0.4, 0.5) is 5.69 Å². The molecule has 0 aromatic heterocycles. The molecule has 1 aliphatic rings. The number of anilines is 1. The molecular formula is C17H26N2O3S2. The van der Waals surface area contributed by atoms with E-state index < -0.39 is 9.84 Å². The van der Waals surface area contributed by atoms with Gasteiger partial charge < -0.3 is 10.2 Å². The third-order valence-electron chi connectivity index (χ3n) is 4.51. The summed E-state index contributed by atoms with van der Waals surface area (Å²) in [5.74, 6) is 0.224. The van der Waals surface area contributed by atoms with Crippen LogP contribution < -0.4 is 10.2 Å². The fourth-order valence-corrected chi connectivity index (χ4v) is 3.90. The first-order valence-electron chi connectivity index (χ1n) is 8.28. The number of sulfone groups is 1. The topological polar surface area (TPSA) is 66.5 Å². The molecule has 1 saturated heterocycles. The van der Waals surface area contributed by atoms with E-state index in [1.807, 2.05) is 25.3 Å². The van der Waals surface area contributed by atoms with E-state index in [-0.39, 0.29) is 23.0 Å². The number of thioether (sulfide) groups is 1. The van der Waals surface area contributed by atoms with Gasteiger partial charge in [-0.1, -0.05) is 6.92 Å². The maximum atomic E-state index is 12.0. The van der Waals surface area contributed by atoms with Crippen LogP contribution in [0.25, 0.3) is 0 Å². The van der Waals surface area contributed by atoms with E-state index in [4.69, 9.17) is 0 Å². The monoisotopic (exact) mass is 370 g/mol. The maximum Gasteiger partial charge on any atom is 0.233 e. The van der Waals surface area contributed by atoms with Gasteiger partial charge in [-0.3, -0.25) is 4.79 Å². The third kappa shape index (κ3) is 4.66. The van der Waals surface area contributed by atoms with Crippen LogP contribution in [0, 0.1) is 0 Å². The van der Waals surface area contributed by atoms with Gasteiger partial charge in [-0.2, -0.15) is 11.8 Å². The third-order valence-corrected chi connectivity index (χ3v) is 7.18. The Hall–Kier alpha value is -1.21. The molecule has 24 heavy (non-hydrogen) atoms. The molecule has 1 heterocycles. The van der Waals surface area contributed by atoms with Crippen LogP contribution in [0.1, 0.15) is 26.7 Å². The Labute approximate surface area is 149 Å². The quantitative estimate of drug-likeness (QED) is 0.832. The van der Waals surface area contributed by atoms with Crippen molar-refractivity contribution >= 4 is 33.2 Å². The lowest BCUT2D eigenvalue weighted by molar-refractivity contribution is -0.121. The summed E-state index contributed by atoms with van der Waals surface area (Å²) in [5.41, 5.74) is 1.03. The summed E-state index contributed by atoms with van der Waals surface area (Å²) < 4.78 is 23.7. The minimum absolute atomic E-state index is 0.0175. The molecule has 1 aliphatic heterocycles. The number of hydrogen-bond donors (Lipinski definition) is 1. The van der Waals surface area contributed by atoms with E-state index in [1.165, 1.54) is 0 Å². The number of benzene rings is 1. The highest BCUT2D eigenvalue weighted by molar-refractivity contribution is 7.99. The molecule has 7 heteroatoms. The summed E-state index contributed by atoms with van der Waals surface area (Å²) in [4.78, 5) is 14.6. The van der Waals surface area contributed by atoms with Crippen LogP contribution in [-0.2, 0) is 14.6 Å². The number of amides is 1. The lowest BCUT2D eigenvalue weighted by Gasteiger charge is -2.34. The smallest absolute Gasteiger partial charge is 0.233 e. The number of nitrogens with zero attached hydrogens (tertiary/aromatic N) is 1. The van der Waals surface area contributed by atoms with Crippen LogP contribution in [0.3, 0.4) is 0 Å². The molecule has 1 fully saturated rings. The van der Waals surface area contributed by atoms with Crippen molar-refractivity contribution in [2.24, 2.45) is 0 Å². The van der Waals surface area contributed by atoms with Crippen molar-refractivity contribution in [1.29, 1.82) is 0 Å². The summed E-state index contributed by atoms with van der Waals surface area (Å²) in [6.07, 6.45) is 3.75. The van der Waals surface area contributed by atoms with Crippen LogP contribution in [-0.4, -0.2) is 50.7 Å². The summed E-state index contributed by atoms with van der Waals surface area (Å²) in [6, 6.07) is 7.34. The van der Waals surface area contributed by atoms with Gasteiger partial charge in [0.25, 0.3) is 0 Å². The van der Waals surface area contributed by atoms with Gasteiger partial charge in [0.05, 0.1) is 15.9 Å². The van der Waals surface area contributed by atoms with Crippen molar-refractivity contribution in [2.75, 3.05) is 30.0 Å². The molecule has 0 unspecified atom stereocenters. The number of carbonyl (C=O) groups is 1. The zero-order valence-corrected chi connectivity index (χ0v) is 16.1. The van der Waals surface area contributed by atoms with Gasteiger partial charge in [0.2, 0.25) is 5.91 Å². The van der Waals surface area contributed by atoms with Crippen LogP contribution in [0.15, 0.2) is 29.2 Å². The molecule has 0 aliphatic carbocycles. The average molecular weight is 371 g/mol. The fraction of sp³-hybridized carbons (Fsp3) is 0.588. The van der Waals surface area contributed by atoms with Crippen LogP contribution >= 0.6 is 11.8 Å². The van der Waals surface area contributed by atoms with Gasteiger partial charge in [-0.25, -0.2) is 8.42 Å². The average Bonchev–Trinajstić information content (AvgIpc) is 2.61. The van der Waals surface area contributed by atoms with Crippen molar-refractivity contribution in [1.82, 2.24) is 5.32 Å². The predicted octanol–water partition coefficient (Wildman–Crippen LogP) is 2.32. The van der Waals surface area contributed by atoms with Crippen molar-refractivity contribution in [2.45, 2.75) is 42.9 Å². The van der Waals surface area contributed by atoms with Crippen molar-refractivity contribution in [3.05, 3.63) is 24.3 Å². The van der Waals surface area contributed by atoms with Gasteiger partial charge >= 0.3 is 0 Å². The Balaban J connectivity index is 1.92. The first kappa shape index (κ1) is 19.1. The van der Waals surface area contributed by atoms with Gasteiger partial charge in [-0.05, 0) is 50.3 Å². The largest absolute Gasteiger partial charge is 0.371 e. The highest BCUT2D eigenvalue weighted by Gasteiger charge is 2.23. The zero-order chi connectivity index (χ0) is 17.7. The zero-order valence-electron chi connectivity index (χ0n) is 14.5. The van der Waals surface area contributed by atoms with E-state index in [9.17, 15) is 13.2 Å².